The summed E-state index contributed by atoms with van der Waals surface area (Å²) in [7, 11) is 2.13. The number of carbonyl (C=O) groups is 1. The topological polar surface area (TPSA) is 119 Å². The van der Waals surface area contributed by atoms with Crippen molar-refractivity contribution in [2.75, 3.05) is 45.1 Å². The van der Waals surface area contributed by atoms with Gasteiger partial charge in [0.15, 0.2) is 0 Å². The van der Waals surface area contributed by atoms with Crippen LogP contribution in [0.1, 0.15) is 44.2 Å². The van der Waals surface area contributed by atoms with E-state index in [9.17, 15) is 14.9 Å². The number of aromatic nitrogens is 3. The number of fused-ring (bicyclic) bond motifs is 1. The van der Waals surface area contributed by atoms with Crippen LogP contribution in [0, 0.1) is 17.2 Å². The number of nitrogens with zero attached hydrogens (tertiary/aromatic N) is 6. The summed E-state index contributed by atoms with van der Waals surface area (Å²) in [4.78, 5) is 40.3. The summed E-state index contributed by atoms with van der Waals surface area (Å²) in [5.74, 6) is 0.761. The normalized spacial score (nSPS) is 18.2. The minimum absolute atomic E-state index is 0.255. The van der Waals surface area contributed by atoms with Crippen molar-refractivity contribution in [3.05, 3.63) is 51.3 Å². The highest BCUT2D eigenvalue weighted by atomic mass is 32.1. The molecular formula is C30H40N8O2S. The van der Waals surface area contributed by atoms with E-state index in [2.05, 4.69) is 43.5 Å². The van der Waals surface area contributed by atoms with Crippen molar-refractivity contribution in [1.29, 1.82) is 5.26 Å². The summed E-state index contributed by atoms with van der Waals surface area (Å²) in [6.07, 6.45) is 6.70. The molecule has 11 heteroatoms. The zero-order valence-electron chi connectivity index (χ0n) is 23.8. The first-order chi connectivity index (χ1) is 20.0. The predicted octanol–water partition coefficient (Wildman–Crippen LogP) is 3.10. The summed E-state index contributed by atoms with van der Waals surface area (Å²) in [5.41, 5.74) is 2.98. The van der Waals surface area contributed by atoms with Crippen LogP contribution in [0.2, 0.25) is 0 Å². The Morgan fingerprint density at radius 2 is 1.95 bits per heavy atom. The van der Waals surface area contributed by atoms with Gasteiger partial charge < -0.3 is 15.5 Å². The Kier molecular flexibility index (Phi) is 9.98. The third-order valence-electron chi connectivity index (χ3n) is 8.46. The van der Waals surface area contributed by atoms with Gasteiger partial charge in [-0.15, -0.1) is 11.3 Å². The van der Waals surface area contributed by atoms with E-state index in [1.165, 1.54) is 37.0 Å². The number of likely N-dealkylation sites (N-methyl/N-ethyl adjacent to an activating group) is 1. The molecule has 2 fully saturated rings. The second kappa shape index (κ2) is 14.0. The number of thiazole rings is 1. The fourth-order valence-electron chi connectivity index (χ4n) is 5.95. The molecule has 1 saturated carbocycles. The van der Waals surface area contributed by atoms with E-state index < -0.39 is 12.1 Å². The zero-order valence-corrected chi connectivity index (χ0v) is 24.6. The van der Waals surface area contributed by atoms with Gasteiger partial charge in [0.1, 0.15) is 17.9 Å². The first-order valence-electron chi connectivity index (χ1n) is 14.7. The lowest BCUT2D eigenvalue weighted by Gasteiger charge is -2.32. The first kappa shape index (κ1) is 29.2. The van der Waals surface area contributed by atoms with Crippen LogP contribution in [0.4, 0.5) is 5.82 Å². The Hall–Kier alpha value is -3.33. The molecule has 3 heterocycles. The lowest BCUT2D eigenvalue weighted by atomic mass is 9.97. The molecule has 2 aliphatic rings. The molecule has 2 atom stereocenters. The summed E-state index contributed by atoms with van der Waals surface area (Å²) < 4.78 is 1.74. The minimum Gasteiger partial charge on any atom is -0.358 e. The molecule has 0 bridgehead atoms. The third-order valence-corrected chi connectivity index (χ3v) is 9.09. The van der Waals surface area contributed by atoms with Crippen LogP contribution in [0.3, 0.4) is 0 Å². The fourth-order valence-corrected chi connectivity index (χ4v) is 6.52. The molecule has 41 heavy (non-hydrogen) atoms. The average Bonchev–Trinajstić information content (AvgIpc) is 3.70. The van der Waals surface area contributed by atoms with E-state index in [4.69, 9.17) is 0 Å². The molecule has 5 rings (SSSR count). The van der Waals surface area contributed by atoms with Gasteiger partial charge in [0.05, 0.1) is 22.8 Å². The maximum atomic E-state index is 13.6. The first-order valence-corrected chi connectivity index (χ1v) is 15.7. The predicted molar refractivity (Wildman–Crippen MR) is 162 cm³/mol. The van der Waals surface area contributed by atoms with Crippen molar-refractivity contribution in [1.82, 2.24) is 29.7 Å². The molecule has 1 aliphatic heterocycles. The highest BCUT2D eigenvalue weighted by Gasteiger charge is 2.26. The van der Waals surface area contributed by atoms with Gasteiger partial charge in [-0.2, -0.15) is 10.2 Å². The molecule has 1 aromatic carbocycles. The van der Waals surface area contributed by atoms with Gasteiger partial charge >= 0.3 is 5.69 Å². The number of carbonyl (C=O) groups excluding carboxylic acids is 1. The molecule has 1 aliphatic carbocycles. The maximum absolute atomic E-state index is 13.6. The number of nitriles is 1. The van der Waals surface area contributed by atoms with E-state index in [1.54, 1.807) is 10.1 Å². The van der Waals surface area contributed by atoms with Crippen LogP contribution >= 0.6 is 11.3 Å². The summed E-state index contributed by atoms with van der Waals surface area (Å²) >= 11 is 1.47. The molecule has 1 amide bonds. The summed E-state index contributed by atoms with van der Waals surface area (Å²) in [6.45, 7) is 5.37. The molecule has 1 saturated heterocycles. The van der Waals surface area contributed by atoms with E-state index in [-0.39, 0.29) is 11.6 Å². The van der Waals surface area contributed by atoms with Crippen molar-refractivity contribution in [2.24, 2.45) is 5.92 Å². The maximum Gasteiger partial charge on any atom is 0.350 e. The third kappa shape index (κ3) is 7.70. The van der Waals surface area contributed by atoms with Crippen LogP contribution < -0.4 is 16.3 Å². The van der Waals surface area contributed by atoms with E-state index in [0.29, 0.717) is 31.1 Å². The number of para-hydroxylation sites is 1. The lowest BCUT2D eigenvalue weighted by molar-refractivity contribution is -0.122. The Morgan fingerprint density at radius 1 is 1.17 bits per heavy atom. The molecule has 2 N–H and O–H groups in total. The highest BCUT2D eigenvalue weighted by Crippen LogP contribution is 2.30. The zero-order chi connectivity index (χ0) is 28.6. The molecule has 218 valence electrons. The lowest BCUT2D eigenvalue weighted by Crippen LogP contribution is -2.46. The van der Waals surface area contributed by atoms with E-state index in [1.807, 2.05) is 29.6 Å². The van der Waals surface area contributed by atoms with Crippen LogP contribution in [0.5, 0.6) is 0 Å². The number of hydrogen-bond acceptors (Lipinski definition) is 9. The Morgan fingerprint density at radius 3 is 2.68 bits per heavy atom. The monoisotopic (exact) mass is 576 g/mol. The number of anilines is 1. The van der Waals surface area contributed by atoms with Crippen LogP contribution in [-0.4, -0.2) is 82.1 Å². The van der Waals surface area contributed by atoms with Crippen molar-refractivity contribution < 1.29 is 4.79 Å². The second-order valence-electron chi connectivity index (χ2n) is 11.4. The Labute approximate surface area is 245 Å². The average molecular weight is 577 g/mol. The molecule has 3 aromatic rings. The van der Waals surface area contributed by atoms with Gasteiger partial charge in [-0.05, 0) is 37.9 Å². The fraction of sp³-hybridized carbons (Fsp3) is 0.567. The van der Waals surface area contributed by atoms with Gasteiger partial charge in [0.2, 0.25) is 5.91 Å². The number of piperazine rings is 1. The van der Waals surface area contributed by atoms with E-state index >= 15 is 0 Å². The number of amides is 1. The SMILES string of the molecule is CN1CCN(CCn2c(=O)nc(NC(CCC3CCCC3)C(=O)NC(C#N)Cc3cscn3)c3ccccc32)CC1. The van der Waals surface area contributed by atoms with Crippen molar-refractivity contribution >= 4 is 34.0 Å². The molecular weight excluding hydrogens is 536 g/mol. The van der Waals surface area contributed by atoms with E-state index in [0.717, 1.165) is 55.7 Å². The molecule has 2 aromatic heterocycles. The standard InChI is InChI=1S/C30H40N8O2S/c1-36-12-14-37(15-13-36)16-17-38-27-9-5-4-8-25(27)28(35-30(38)40)34-26(11-10-22-6-2-3-7-22)29(39)33-23(19-31)18-24-20-41-21-32-24/h4-5,8-9,20-23,26H,2-3,6-7,10-18H2,1H3,(H,33,39)(H,34,35,40). The second-order valence-corrected chi connectivity index (χ2v) is 12.1. The number of nitrogens with one attached hydrogen (secondary N) is 2. The number of benzene rings is 1. The molecule has 0 spiro atoms. The Bertz CT molecular complexity index is 1390. The van der Waals surface area contributed by atoms with Crippen LogP contribution in [-0.2, 0) is 17.8 Å². The van der Waals surface area contributed by atoms with Crippen molar-refractivity contribution in [2.45, 2.75) is 63.6 Å². The number of rotatable bonds is 12. The Balaban J connectivity index is 1.35. The van der Waals surface area contributed by atoms with Crippen LogP contribution in [0.15, 0.2) is 40.0 Å². The van der Waals surface area contributed by atoms with Crippen LogP contribution in [0.25, 0.3) is 10.9 Å². The largest absolute Gasteiger partial charge is 0.358 e. The van der Waals surface area contributed by atoms with Gasteiger partial charge in [0.25, 0.3) is 0 Å². The molecule has 2 unspecified atom stereocenters. The quantitative estimate of drug-likeness (QED) is 0.338. The summed E-state index contributed by atoms with van der Waals surface area (Å²) in [5, 5.41) is 18.7. The van der Waals surface area contributed by atoms with Gasteiger partial charge in [0, 0.05) is 56.5 Å². The molecule has 10 nitrogen and oxygen atoms in total. The molecule has 0 radical (unpaired) electrons. The number of hydrogen-bond donors (Lipinski definition) is 2. The van der Waals surface area contributed by atoms with Crippen molar-refractivity contribution in [3.8, 4) is 6.07 Å². The van der Waals surface area contributed by atoms with Gasteiger partial charge in [-0.1, -0.05) is 37.8 Å². The minimum atomic E-state index is -0.687. The smallest absolute Gasteiger partial charge is 0.350 e. The summed E-state index contributed by atoms with van der Waals surface area (Å²) in [6, 6.07) is 8.66. The van der Waals surface area contributed by atoms with Gasteiger partial charge in [-0.3, -0.25) is 14.3 Å². The van der Waals surface area contributed by atoms with Gasteiger partial charge in [-0.25, -0.2) is 9.78 Å². The highest BCUT2D eigenvalue weighted by molar-refractivity contribution is 7.07. The van der Waals surface area contributed by atoms with Crippen molar-refractivity contribution in [3.63, 3.8) is 0 Å².